The van der Waals surface area contributed by atoms with Crippen molar-refractivity contribution in [3.63, 3.8) is 0 Å². The molecule has 0 saturated heterocycles. The molecule has 1 heterocycles. The topological polar surface area (TPSA) is 0 Å². The van der Waals surface area contributed by atoms with Crippen LogP contribution in [0.2, 0.25) is 0 Å². The standard InChI is InChI=1S/C16H16S4/c1-11-17-13-5-3-7-15(9-13)19-12(2)20-16-8-4-6-14(10-16)18-11/h3-12H,1-2H3. The van der Waals surface area contributed by atoms with Crippen LogP contribution in [0.15, 0.2) is 68.1 Å². The van der Waals surface area contributed by atoms with Gasteiger partial charge in [-0.3, -0.25) is 0 Å². The fourth-order valence-corrected chi connectivity index (χ4v) is 6.87. The predicted octanol–water partition coefficient (Wildman–Crippen LogP) is 6.46. The second-order valence-corrected chi connectivity index (χ2v) is 10.8. The van der Waals surface area contributed by atoms with Gasteiger partial charge in [-0.25, -0.2) is 0 Å². The van der Waals surface area contributed by atoms with Gasteiger partial charge in [0.1, 0.15) is 0 Å². The van der Waals surface area contributed by atoms with E-state index in [1.807, 2.05) is 47.0 Å². The summed E-state index contributed by atoms with van der Waals surface area (Å²) in [6.45, 7) is 4.56. The van der Waals surface area contributed by atoms with Crippen LogP contribution in [0.1, 0.15) is 13.8 Å². The first-order valence-corrected chi connectivity index (χ1v) is 10.1. The monoisotopic (exact) mass is 336 g/mol. The molecule has 4 bridgehead atoms. The third-order valence-electron chi connectivity index (χ3n) is 2.82. The van der Waals surface area contributed by atoms with Gasteiger partial charge in [-0.2, -0.15) is 0 Å². The Labute approximate surface area is 137 Å². The lowest BCUT2D eigenvalue weighted by Crippen LogP contribution is -1.93. The number of thioether (sulfide) groups is 4. The molecule has 104 valence electrons. The Morgan fingerprint density at radius 3 is 1.20 bits per heavy atom. The fraction of sp³-hybridized carbons (Fsp3) is 0.250. The van der Waals surface area contributed by atoms with Crippen molar-refractivity contribution in [1.82, 2.24) is 0 Å². The van der Waals surface area contributed by atoms with Gasteiger partial charge >= 0.3 is 0 Å². The summed E-state index contributed by atoms with van der Waals surface area (Å²) in [4.78, 5) is 5.46. The average molecular weight is 337 g/mol. The highest BCUT2D eigenvalue weighted by molar-refractivity contribution is 8.17. The molecule has 0 aliphatic carbocycles. The molecule has 0 amide bonds. The molecule has 20 heavy (non-hydrogen) atoms. The van der Waals surface area contributed by atoms with E-state index in [0.717, 1.165) is 0 Å². The minimum absolute atomic E-state index is 0.521. The maximum Gasteiger partial charge on any atom is 0.0568 e. The maximum absolute atomic E-state index is 2.32. The smallest absolute Gasteiger partial charge is 0.0568 e. The van der Waals surface area contributed by atoms with Gasteiger partial charge in [0.25, 0.3) is 0 Å². The van der Waals surface area contributed by atoms with Crippen molar-refractivity contribution in [3.8, 4) is 0 Å². The zero-order valence-electron chi connectivity index (χ0n) is 11.4. The summed E-state index contributed by atoms with van der Waals surface area (Å²) in [6.07, 6.45) is 0. The SMILES string of the molecule is CC1Sc2cccc(c2)SC(C)Sc2cccc(c2)S1. The van der Waals surface area contributed by atoms with E-state index in [-0.39, 0.29) is 0 Å². The molecule has 0 atom stereocenters. The van der Waals surface area contributed by atoms with E-state index in [2.05, 4.69) is 62.4 Å². The Bertz CT molecular complexity index is 501. The van der Waals surface area contributed by atoms with Gasteiger partial charge in [0.2, 0.25) is 0 Å². The normalized spacial score (nSPS) is 22.7. The third-order valence-corrected chi connectivity index (χ3v) is 7.41. The van der Waals surface area contributed by atoms with Crippen molar-refractivity contribution in [1.29, 1.82) is 0 Å². The number of benzene rings is 2. The Morgan fingerprint density at radius 2 is 0.900 bits per heavy atom. The summed E-state index contributed by atoms with van der Waals surface area (Å²) in [7, 11) is 0. The zero-order valence-corrected chi connectivity index (χ0v) is 14.7. The molecule has 2 aromatic rings. The molecular weight excluding hydrogens is 320 g/mol. The number of rotatable bonds is 0. The van der Waals surface area contributed by atoms with Crippen LogP contribution >= 0.6 is 47.0 Å². The molecule has 3 rings (SSSR count). The van der Waals surface area contributed by atoms with Crippen LogP contribution in [-0.4, -0.2) is 9.16 Å². The lowest BCUT2D eigenvalue weighted by Gasteiger charge is -2.16. The van der Waals surface area contributed by atoms with E-state index >= 15 is 0 Å². The Kier molecular flexibility index (Phi) is 4.97. The lowest BCUT2D eigenvalue weighted by molar-refractivity contribution is 1.27. The Morgan fingerprint density at radius 1 is 0.600 bits per heavy atom. The van der Waals surface area contributed by atoms with E-state index in [0.29, 0.717) is 9.16 Å². The van der Waals surface area contributed by atoms with Crippen molar-refractivity contribution in [2.45, 2.75) is 42.6 Å². The van der Waals surface area contributed by atoms with E-state index in [1.54, 1.807) is 0 Å². The second kappa shape index (κ2) is 6.73. The summed E-state index contributed by atoms with van der Waals surface area (Å²) < 4.78 is 1.04. The summed E-state index contributed by atoms with van der Waals surface area (Å²) in [5, 5.41) is 0. The van der Waals surface area contributed by atoms with E-state index in [4.69, 9.17) is 0 Å². The highest BCUT2D eigenvalue weighted by Gasteiger charge is 2.12. The van der Waals surface area contributed by atoms with Crippen LogP contribution in [0.5, 0.6) is 0 Å². The minimum atomic E-state index is 0.521. The highest BCUT2D eigenvalue weighted by atomic mass is 32.2. The molecule has 1 aliphatic heterocycles. The molecule has 0 spiro atoms. The first-order chi connectivity index (χ1) is 9.69. The quantitative estimate of drug-likeness (QED) is 0.541. The second-order valence-electron chi connectivity index (χ2n) is 4.56. The third kappa shape index (κ3) is 3.94. The largest absolute Gasteiger partial charge is 0.112 e. The van der Waals surface area contributed by atoms with Crippen LogP contribution in [0.4, 0.5) is 0 Å². The maximum atomic E-state index is 2.32. The van der Waals surface area contributed by atoms with Crippen molar-refractivity contribution < 1.29 is 0 Å². The van der Waals surface area contributed by atoms with Crippen LogP contribution < -0.4 is 0 Å². The van der Waals surface area contributed by atoms with Gasteiger partial charge in [-0.15, -0.1) is 47.0 Å². The molecule has 1 aliphatic rings. The van der Waals surface area contributed by atoms with Crippen molar-refractivity contribution in [2.75, 3.05) is 0 Å². The molecule has 0 fully saturated rings. The molecule has 2 aromatic carbocycles. The first-order valence-electron chi connectivity index (χ1n) is 6.56. The fourth-order valence-electron chi connectivity index (χ4n) is 2.06. The van der Waals surface area contributed by atoms with E-state index < -0.39 is 0 Å². The molecule has 4 heteroatoms. The summed E-state index contributed by atoms with van der Waals surface area (Å²) in [5.74, 6) is 0. The van der Waals surface area contributed by atoms with Gasteiger partial charge in [0, 0.05) is 19.6 Å². The predicted molar refractivity (Wildman–Crippen MR) is 95.2 cm³/mol. The van der Waals surface area contributed by atoms with Gasteiger partial charge in [0.05, 0.1) is 9.16 Å². The van der Waals surface area contributed by atoms with Crippen molar-refractivity contribution in [2.24, 2.45) is 0 Å². The Hall–Kier alpha value is -0.160. The van der Waals surface area contributed by atoms with Crippen LogP contribution in [0.3, 0.4) is 0 Å². The van der Waals surface area contributed by atoms with Crippen LogP contribution in [0, 0.1) is 0 Å². The highest BCUT2D eigenvalue weighted by Crippen LogP contribution is 2.41. The molecular formula is C16H16S4. The molecule has 0 saturated carbocycles. The molecule has 0 nitrogen and oxygen atoms in total. The van der Waals surface area contributed by atoms with Gasteiger partial charge in [0.15, 0.2) is 0 Å². The molecule has 0 aromatic heterocycles. The van der Waals surface area contributed by atoms with Gasteiger partial charge < -0.3 is 0 Å². The van der Waals surface area contributed by atoms with E-state index in [1.165, 1.54) is 19.6 Å². The molecule has 0 N–H and O–H groups in total. The lowest BCUT2D eigenvalue weighted by atomic mass is 10.4. The molecule has 0 radical (unpaired) electrons. The Balaban J connectivity index is 1.93. The van der Waals surface area contributed by atoms with Crippen LogP contribution in [-0.2, 0) is 0 Å². The van der Waals surface area contributed by atoms with E-state index in [9.17, 15) is 0 Å². The zero-order chi connectivity index (χ0) is 13.9. The van der Waals surface area contributed by atoms with Crippen molar-refractivity contribution in [3.05, 3.63) is 48.5 Å². The van der Waals surface area contributed by atoms with Gasteiger partial charge in [-0.05, 0) is 50.2 Å². The summed E-state index contributed by atoms with van der Waals surface area (Å²) in [5.41, 5.74) is 0. The number of hydrogen-bond acceptors (Lipinski definition) is 4. The summed E-state index contributed by atoms with van der Waals surface area (Å²) >= 11 is 7.77. The van der Waals surface area contributed by atoms with Gasteiger partial charge in [-0.1, -0.05) is 12.1 Å². The number of hydrogen-bond donors (Lipinski definition) is 0. The number of fused-ring (bicyclic) bond motifs is 4. The van der Waals surface area contributed by atoms with Crippen molar-refractivity contribution >= 4 is 47.0 Å². The average Bonchev–Trinajstić information content (AvgIpc) is 2.38. The molecule has 0 unspecified atom stereocenters. The summed E-state index contributed by atoms with van der Waals surface area (Å²) in [6, 6.07) is 17.8. The minimum Gasteiger partial charge on any atom is -0.112 e. The van der Waals surface area contributed by atoms with Crippen LogP contribution in [0.25, 0.3) is 0 Å². The first kappa shape index (κ1) is 14.8.